The number of halogens is 1. The third-order valence-electron chi connectivity index (χ3n) is 7.73. The van der Waals surface area contributed by atoms with E-state index in [1.54, 1.807) is 20.0 Å². The molecular weight excluding hydrogens is 660 g/mol. The molecule has 1 heterocycles. The molecule has 3 aromatic rings. The Morgan fingerprint density at radius 2 is 1.23 bits per heavy atom. The molecule has 1 aliphatic heterocycles. The Kier molecular flexibility index (Phi) is 6.35. The van der Waals surface area contributed by atoms with Crippen LogP contribution >= 0.6 is 17.8 Å². The maximum atomic E-state index is 6.68. The van der Waals surface area contributed by atoms with Crippen molar-refractivity contribution in [1.82, 2.24) is 0 Å². The van der Waals surface area contributed by atoms with Crippen LogP contribution in [0.2, 0.25) is 0 Å². The molecule has 0 bridgehead atoms. The summed E-state index contributed by atoms with van der Waals surface area (Å²) in [7, 11) is 2.47. The van der Waals surface area contributed by atoms with Crippen LogP contribution in [0.4, 0.5) is 0 Å². The van der Waals surface area contributed by atoms with E-state index in [2.05, 4.69) is 75.0 Å². The molecular formula is C29H32AuClO3P+. The van der Waals surface area contributed by atoms with E-state index in [0.717, 1.165) is 30.1 Å². The van der Waals surface area contributed by atoms with Crippen molar-refractivity contribution in [2.24, 2.45) is 0 Å². The Bertz CT molecular complexity index is 1210. The van der Waals surface area contributed by atoms with E-state index >= 15 is 0 Å². The van der Waals surface area contributed by atoms with Crippen LogP contribution in [0, 0.1) is 13.8 Å². The minimum absolute atomic E-state index is 0.0524. The van der Waals surface area contributed by atoms with Crippen molar-refractivity contribution >= 4 is 17.8 Å². The van der Waals surface area contributed by atoms with Gasteiger partial charge in [0.1, 0.15) is 0 Å². The Morgan fingerprint density at radius 3 is 1.69 bits per heavy atom. The Labute approximate surface area is 226 Å². The zero-order valence-corrected chi connectivity index (χ0v) is 24.9. The summed E-state index contributed by atoms with van der Waals surface area (Å²) in [6, 6.07) is 19.0. The number of para-hydroxylation sites is 1. The molecule has 188 valence electrons. The zero-order valence-electron chi connectivity index (χ0n) is 21.0. The molecule has 0 radical (unpaired) electrons. The van der Waals surface area contributed by atoms with Gasteiger partial charge in [0, 0.05) is 16.5 Å². The van der Waals surface area contributed by atoms with E-state index in [9.17, 15) is 0 Å². The predicted molar refractivity (Wildman–Crippen MR) is 141 cm³/mol. The molecule has 3 aliphatic rings. The monoisotopic (exact) mass is 691 g/mol. The number of hydrogen-bond acceptors (Lipinski definition) is 3. The topological polar surface area (TPSA) is 27.7 Å². The Morgan fingerprint density at radius 1 is 0.771 bits per heavy atom. The third-order valence-corrected chi connectivity index (χ3v) is 8.90. The molecule has 6 heteroatoms. The summed E-state index contributed by atoms with van der Waals surface area (Å²) >= 11 is 1.75. The summed E-state index contributed by atoms with van der Waals surface area (Å²) in [6.45, 7) is 13.8. The Balaban J connectivity index is 0.00000124. The van der Waals surface area contributed by atoms with Crippen LogP contribution in [0.15, 0.2) is 54.6 Å². The molecule has 0 unspecified atom stereocenters. The van der Waals surface area contributed by atoms with Gasteiger partial charge in [0.25, 0.3) is 0 Å². The molecule has 6 rings (SSSR count). The van der Waals surface area contributed by atoms with Gasteiger partial charge in [0.05, 0.1) is 0 Å². The summed E-state index contributed by atoms with van der Waals surface area (Å²) in [5.41, 5.74) is 7.98. The molecule has 0 fully saturated rings. The van der Waals surface area contributed by atoms with Gasteiger partial charge in [0.15, 0.2) is 17.2 Å². The van der Waals surface area contributed by atoms with E-state index in [1.807, 2.05) is 30.3 Å². The van der Waals surface area contributed by atoms with Crippen LogP contribution < -0.4 is 13.6 Å². The van der Waals surface area contributed by atoms with Gasteiger partial charge >= 0.3 is 37.8 Å². The van der Waals surface area contributed by atoms with Crippen molar-refractivity contribution in [1.29, 1.82) is 0 Å². The van der Waals surface area contributed by atoms with E-state index in [1.165, 1.54) is 33.4 Å². The van der Waals surface area contributed by atoms with E-state index in [0.29, 0.717) is 0 Å². The molecule has 0 saturated carbocycles. The van der Waals surface area contributed by atoms with Gasteiger partial charge in [-0.1, -0.05) is 58.0 Å². The van der Waals surface area contributed by atoms with Crippen molar-refractivity contribution in [2.75, 3.05) is 0 Å². The molecule has 35 heavy (non-hydrogen) atoms. The molecule has 3 nitrogen and oxygen atoms in total. The number of benzene rings is 3. The molecule has 0 atom stereocenters. The zero-order chi connectivity index (χ0) is 25.2. The van der Waals surface area contributed by atoms with Gasteiger partial charge in [-0.25, -0.2) is 0 Å². The van der Waals surface area contributed by atoms with Crippen molar-refractivity contribution < 1.29 is 33.6 Å². The van der Waals surface area contributed by atoms with Crippen molar-refractivity contribution in [3.05, 3.63) is 88.0 Å². The van der Waals surface area contributed by atoms with Crippen LogP contribution in [0.5, 0.6) is 17.2 Å². The fourth-order valence-corrected chi connectivity index (χ4v) is 7.92. The standard InChI is InChI=1S/C29H32O3P.Au.ClH/c1-18-12-21-25-23(14-18)31-33(30-20-10-8-7-9-11-20)32-24-15-19(2)13-22-26(24)29(25,16-27(21,3)4)17-28(22,5)6;;/h7-15,33H,16-17H2,1-6H3;;1H/q2*+1;/p-1. The number of aryl methyl sites for hydroxylation is 2. The summed E-state index contributed by atoms with van der Waals surface area (Å²) in [5.74, 6) is 2.65. The normalized spacial score (nSPS) is 19.7. The minimum atomic E-state index is -2.12. The third kappa shape index (κ3) is 4.05. The molecule has 0 aromatic heterocycles. The molecule has 1 spiro atoms. The summed E-state index contributed by atoms with van der Waals surface area (Å²) < 4.78 is 19.7. The molecule has 0 amide bonds. The summed E-state index contributed by atoms with van der Waals surface area (Å²) in [6.07, 6.45) is 2.12. The fraction of sp³-hybridized carbons (Fsp3) is 0.379. The molecule has 2 aliphatic carbocycles. The first-order chi connectivity index (χ1) is 16.6. The average Bonchev–Trinajstić information content (AvgIpc) is 3.14. The second-order valence-corrected chi connectivity index (χ2v) is 12.6. The molecule has 0 N–H and O–H groups in total. The predicted octanol–water partition coefficient (Wildman–Crippen LogP) is 8.45. The number of rotatable bonds is 2. The van der Waals surface area contributed by atoms with Gasteiger partial charge in [-0.15, -0.1) is 0 Å². The van der Waals surface area contributed by atoms with E-state index < -0.39 is 8.60 Å². The second-order valence-electron chi connectivity index (χ2n) is 11.4. The van der Waals surface area contributed by atoms with Crippen molar-refractivity contribution in [2.45, 2.75) is 70.6 Å². The quantitative estimate of drug-likeness (QED) is 0.200. The van der Waals surface area contributed by atoms with Gasteiger partial charge < -0.3 is 0 Å². The molecule has 3 aromatic carbocycles. The van der Waals surface area contributed by atoms with Crippen LogP contribution in [0.3, 0.4) is 0 Å². The van der Waals surface area contributed by atoms with Gasteiger partial charge in [-0.2, -0.15) is 0 Å². The SMILES string of the molecule is Cc1cc2c3c(c1)C(C)(C)CC31CC(C)(C)c3cc(C)cc(c31)O[PH+](Oc1ccccc1)O2.[Cl][Au]. The van der Waals surface area contributed by atoms with Crippen molar-refractivity contribution in [3.8, 4) is 17.2 Å². The number of hydrogen-bond donors (Lipinski definition) is 0. The van der Waals surface area contributed by atoms with Crippen LogP contribution in [0.1, 0.15) is 73.9 Å². The van der Waals surface area contributed by atoms with Crippen LogP contribution in [-0.2, 0) is 36.2 Å². The van der Waals surface area contributed by atoms with E-state index in [4.69, 9.17) is 13.6 Å². The molecule has 0 saturated heterocycles. The van der Waals surface area contributed by atoms with Crippen LogP contribution in [0.25, 0.3) is 0 Å². The maximum absolute atomic E-state index is 6.68. The van der Waals surface area contributed by atoms with Crippen molar-refractivity contribution in [3.63, 3.8) is 0 Å². The second kappa shape index (κ2) is 8.82. The van der Waals surface area contributed by atoms with Crippen LogP contribution in [-0.4, -0.2) is 0 Å². The van der Waals surface area contributed by atoms with Gasteiger partial charge in [-0.05, 0) is 84.0 Å². The first-order valence-electron chi connectivity index (χ1n) is 12.0. The first kappa shape index (κ1) is 25.2. The average molecular weight is 692 g/mol. The van der Waals surface area contributed by atoms with Gasteiger partial charge in [0.2, 0.25) is 0 Å². The summed E-state index contributed by atoms with van der Waals surface area (Å²) in [4.78, 5) is 0. The summed E-state index contributed by atoms with van der Waals surface area (Å²) in [5, 5.41) is 0. The van der Waals surface area contributed by atoms with E-state index in [-0.39, 0.29) is 16.2 Å². The fourth-order valence-electron chi connectivity index (χ4n) is 6.79. The Hall–Kier alpha value is -1.48. The van der Waals surface area contributed by atoms with Gasteiger partial charge in [-0.3, -0.25) is 13.6 Å². The first-order valence-corrected chi connectivity index (χ1v) is 15.9.